The van der Waals surface area contributed by atoms with Crippen molar-refractivity contribution >= 4 is 11.6 Å². The number of likely N-dealkylation sites (N-methyl/N-ethyl adjacent to an activating group) is 1. The average Bonchev–Trinajstić information content (AvgIpc) is 2.42. The first-order valence-electron chi connectivity index (χ1n) is 7.80. The third kappa shape index (κ3) is 3.97. The first kappa shape index (κ1) is 15.8. The zero-order valence-corrected chi connectivity index (χ0v) is 13.4. The molecule has 0 aliphatic heterocycles. The highest BCUT2D eigenvalue weighted by atomic mass is 35.5. The molecule has 1 aromatic rings. The van der Waals surface area contributed by atoms with Crippen LogP contribution in [0.2, 0.25) is 5.02 Å². The van der Waals surface area contributed by atoms with Gasteiger partial charge in [-0.2, -0.15) is 0 Å². The minimum atomic E-state index is 0.0727. The molecule has 1 aliphatic carbocycles. The molecule has 0 spiro atoms. The van der Waals surface area contributed by atoms with Crippen LogP contribution in [-0.4, -0.2) is 24.5 Å². The van der Waals surface area contributed by atoms with Gasteiger partial charge in [-0.3, -0.25) is 4.90 Å². The van der Waals surface area contributed by atoms with Gasteiger partial charge in [0.05, 0.1) is 6.04 Å². The molecule has 2 rings (SSSR count). The zero-order valence-electron chi connectivity index (χ0n) is 12.7. The van der Waals surface area contributed by atoms with E-state index in [0.717, 1.165) is 23.0 Å². The van der Waals surface area contributed by atoms with Crippen molar-refractivity contribution in [1.82, 2.24) is 4.90 Å². The van der Waals surface area contributed by atoms with Crippen LogP contribution in [0, 0.1) is 5.92 Å². The lowest BCUT2D eigenvalue weighted by Gasteiger charge is -2.35. The van der Waals surface area contributed by atoms with Crippen molar-refractivity contribution in [2.45, 2.75) is 51.1 Å². The van der Waals surface area contributed by atoms with Gasteiger partial charge in [0.15, 0.2) is 0 Å². The average molecular weight is 295 g/mol. The molecule has 1 aliphatic rings. The topological polar surface area (TPSA) is 29.3 Å². The fraction of sp³-hybridized carbons (Fsp3) is 0.647. The molecule has 112 valence electrons. The second kappa shape index (κ2) is 7.44. The highest BCUT2D eigenvalue weighted by Gasteiger charge is 2.25. The van der Waals surface area contributed by atoms with Crippen molar-refractivity contribution < 1.29 is 0 Å². The number of nitrogens with two attached hydrogens (primary N) is 1. The SMILES string of the molecule is CC(N)C(c1ccccc1Cl)N(C)CC1CCCCC1. The van der Waals surface area contributed by atoms with Gasteiger partial charge < -0.3 is 5.73 Å². The summed E-state index contributed by atoms with van der Waals surface area (Å²) in [5.41, 5.74) is 7.40. The van der Waals surface area contributed by atoms with Gasteiger partial charge in [-0.25, -0.2) is 0 Å². The molecule has 3 heteroatoms. The Labute approximate surface area is 128 Å². The number of benzene rings is 1. The summed E-state index contributed by atoms with van der Waals surface area (Å²) in [6.45, 7) is 3.20. The first-order valence-corrected chi connectivity index (χ1v) is 8.17. The maximum atomic E-state index is 6.37. The van der Waals surface area contributed by atoms with Gasteiger partial charge >= 0.3 is 0 Å². The molecule has 0 aromatic heterocycles. The molecule has 2 atom stereocenters. The lowest BCUT2D eigenvalue weighted by atomic mass is 9.88. The van der Waals surface area contributed by atoms with Gasteiger partial charge in [0.1, 0.15) is 0 Å². The number of rotatable bonds is 5. The lowest BCUT2D eigenvalue weighted by molar-refractivity contribution is 0.167. The van der Waals surface area contributed by atoms with Crippen LogP contribution in [0.4, 0.5) is 0 Å². The van der Waals surface area contributed by atoms with Crippen molar-refractivity contribution in [1.29, 1.82) is 0 Å². The predicted octanol–water partition coefficient (Wildman–Crippen LogP) is 4.24. The summed E-state index contributed by atoms with van der Waals surface area (Å²) in [5.74, 6) is 0.817. The Morgan fingerprint density at radius 2 is 1.90 bits per heavy atom. The zero-order chi connectivity index (χ0) is 14.5. The third-order valence-electron chi connectivity index (χ3n) is 4.47. The Kier molecular flexibility index (Phi) is 5.88. The molecule has 0 amide bonds. The van der Waals surface area contributed by atoms with Crippen molar-refractivity contribution in [3.63, 3.8) is 0 Å². The molecule has 0 bridgehead atoms. The van der Waals surface area contributed by atoms with E-state index >= 15 is 0 Å². The van der Waals surface area contributed by atoms with Crippen LogP contribution >= 0.6 is 11.6 Å². The van der Waals surface area contributed by atoms with Gasteiger partial charge in [0.25, 0.3) is 0 Å². The van der Waals surface area contributed by atoms with Gasteiger partial charge in [-0.1, -0.05) is 49.1 Å². The van der Waals surface area contributed by atoms with Crippen LogP contribution in [0.5, 0.6) is 0 Å². The summed E-state index contributed by atoms with van der Waals surface area (Å²) in [4.78, 5) is 2.40. The number of hydrogen-bond donors (Lipinski definition) is 1. The third-order valence-corrected chi connectivity index (χ3v) is 4.81. The first-order chi connectivity index (χ1) is 9.59. The van der Waals surface area contributed by atoms with E-state index in [1.54, 1.807) is 0 Å². The minimum absolute atomic E-state index is 0.0727. The smallest absolute Gasteiger partial charge is 0.0508 e. The lowest BCUT2D eigenvalue weighted by Crippen LogP contribution is -2.40. The summed E-state index contributed by atoms with van der Waals surface area (Å²) >= 11 is 6.37. The van der Waals surface area contributed by atoms with Gasteiger partial charge in [0.2, 0.25) is 0 Å². The van der Waals surface area contributed by atoms with E-state index in [1.807, 2.05) is 18.2 Å². The highest BCUT2D eigenvalue weighted by Crippen LogP contribution is 2.31. The monoisotopic (exact) mass is 294 g/mol. The van der Waals surface area contributed by atoms with Crippen LogP contribution in [0.15, 0.2) is 24.3 Å². The van der Waals surface area contributed by atoms with E-state index < -0.39 is 0 Å². The van der Waals surface area contributed by atoms with E-state index in [-0.39, 0.29) is 12.1 Å². The Bertz CT molecular complexity index is 413. The molecular formula is C17H27ClN2. The Morgan fingerprint density at radius 3 is 2.50 bits per heavy atom. The maximum absolute atomic E-state index is 6.37. The molecule has 2 nitrogen and oxygen atoms in total. The minimum Gasteiger partial charge on any atom is -0.326 e. The van der Waals surface area contributed by atoms with Crippen molar-refractivity contribution in [2.24, 2.45) is 11.7 Å². The maximum Gasteiger partial charge on any atom is 0.0508 e. The molecule has 2 N–H and O–H groups in total. The quantitative estimate of drug-likeness (QED) is 0.880. The van der Waals surface area contributed by atoms with Gasteiger partial charge in [-0.15, -0.1) is 0 Å². The summed E-state index contributed by atoms with van der Waals surface area (Å²) in [5, 5.41) is 0.824. The van der Waals surface area contributed by atoms with E-state index in [2.05, 4.69) is 24.9 Å². The van der Waals surface area contributed by atoms with E-state index in [1.165, 1.54) is 32.1 Å². The number of nitrogens with zero attached hydrogens (tertiary/aromatic N) is 1. The van der Waals surface area contributed by atoms with Crippen LogP contribution in [0.1, 0.15) is 50.6 Å². The second-order valence-electron chi connectivity index (χ2n) is 6.27. The van der Waals surface area contributed by atoms with E-state index in [9.17, 15) is 0 Å². The van der Waals surface area contributed by atoms with Crippen molar-refractivity contribution in [3.8, 4) is 0 Å². The molecular weight excluding hydrogens is 268 g/mol. The standard InChI is InChI=1S/C17H27ClN2/c1-13(19)17(15-10-6-7-11-16(15)18)20(2)12-14-8-4-3-5-9-14/h6-7,10-11,13-14,17H,3-5,8-9,12,19H2,1-2H3. The molecule has 2 unspecified atom stereocenters. The summed E-state index contributed by atoms with van der Waals surface area (Å²) in [6, 6.07) is 8.36. The Hall–Kier alpha value is -0.570. The predicted molar refractivity (Wildman–Crippen MR) is 87.0 cm³/mol. The molecule has 0 heterocycles. The van der Waals surface area contributed by atoms with Crippen LogP contribution in [0.25, 0.3) is 0 Å². The highest BCUT2D eigenvalue weighted by molar-refractivity contribution is 6.31. The summed E-state index contributed by atoms with van der Waals surface area (Å²) in [6.07, 6.45) is 6.89. The molecule has 0 saturated heterocycles. The van der Waals surface area contributed by atoms with Gasteiger partial charge in [-0.05, 0) is 44.4 Å². The van der Waals surface area contributed by atoms with Crippen LogP contribution in [0.3, 0.4) is 0 Å². The second-order valence-corrected chi connectivity index (χ2v) is 6.68. The fourth-order valence-corrected chi connectivity index (χ4v) is 3.78. The van der Waals surface area contributed by atoms with Crippen LogP contribution < -0.4 is 5.73 Å². The summed E-state index contributed by atoms with van der Waals surface area (Å²) < 4.78 is 0. The molecule has 1 aromatic carbocycles. The number of halogens is 1. The van der Waals surface area contributed by atoms with Gasteiger partial charge in [0, 0.05) is 17.6 Å². The van der Waals surface area contributed by atoms with Crippen LogP contribution in [-0.2, 0) is 0 Å². The van der Waals surface area contributed by atoms with Crippen molar-refractivity contribution in [2.75, 3.05) is 13.6 Å². The summed E-state index contributed by atoms with van der Waals surface area (Å²) in [7, 11) is 2.19. The molecule has 1 fully saturated rings. The molecule has 20 heavy (non-hydrogen) atoms. The van der Waals surface area contributed by atoms with Crippen molar-refractivity contribution in [3.05, 3.63) is 34.9 Å². The van der Waals surface area contributed by atoms with E-state index in [4.69, 9.17) is 17.3 Å². The largest absolute Gasteiger partial charge is 0.326 e. The Morgan fingerprint density at radius 1 is 1.25 bits per heavy atom. The van der Waals surface area contributed by atoms with E-state index in [0.29, 0.717) is 0 Å². The molecule has 0 radical (unpaired) electrons. The Balaban J connectivity index is 2.09. The number of hydrogen-bond acceptors (Lipinski definition) is 2. The fourth-order valence-electron chi connectivity index (χ4n) is 3.53. The normalized spacial score (nSPS) is 20.1. The molecule has 1 saturated carbocycles.